The number of halogens is 1. The number of carbonyl (C=O) groups is 2. The Kier molecular flexibility index (Phi) is 8.73. The molecule has 0 spiro atoms. The first kappa shape index (κ1) is 24.4. The number of hydrazone groups is 1. The Labute approximate surface area is 197 Å². The fraction of sp³-hybridized carbons (Fsp3) is 0.192. The van der Waals surface area contributed by atoms with Crippen LogP contribution in [0.3, 0.4) is 0 Å². The third-order valence-corrected chi connectivity index (χ3v) is 4.77. The summed E-state index contributed by atoms with van der Waals surface area (Å²) in [7, 11) is 1.55. The van der Waals surface area contributed by atoms with E-state index in [1.165, 1.54) is 30.5 Å². The minimum absolute atomic E-state index is 0.0282. The SMILES string of the molecule is COc1cc(C=NNC(=O)CCC(=O)Nc2ccc(F)cc2)ccc1OCc1cccc(C)c1. The van der Waals surface area contributed by atoms with Crippen LogP contribution in [0.5, 0.6) is 11.5 Å². The van der Waals surface area contributed by atoms with Crippen molar-refractivity contribution in [1.82, 2.24) is 5.43 Å². The summed E-state index contributed by atoms with van der Waals surface area (Å²) in [5.74, 6) is -0.0117. The Bertz CT molecular complexity index is 1160. The number of ether oxygens (including phenoxy) is 2. The zero-order valence-corrected chi connectivity index (χ0v) is 19.0. The van der Waals surface area contributed by atoms with Gasteiger partial charge in [-0.2, -0.15) is 5.10 Å². The van der Waals surface area contributed by atoms with Crippen LogP contribution in [0.25, 0.3) is 0 Å². The van der Waals surface area contributed by atoms with Gasteiger partial charge in [0.15, 0.2) is 11.5 Å². The number of hydrogen-bond donors (Lipinski definition) is 2. The van der Waals surface area contributed by atoms with Crippen molar-refractivity contribution in [2.24, 2.45) is 5.10 Å². The molecular formula is C26H26FN3O4. The van der Waals surface area contributed by atoms with Gasteiger partial charge in [-0.25, -0.2) is 9.82 Å². The number of carbonyl (C=O) groups excluding carboxylic acids is 2. The Morgan fingerprint density at radius 1 is 0.971 bits per heavy atom. The van der Waals surface area contributed by atoms with E-state index in [0.717, 1.165) is 11.1 Å². The summed E-state index contributed by atoms with van der Waals surface area (Å²) in [4.78, 5) is 23.9. The molecule has 0 bridgehead atoms. The Balaban J connectivity index is 1.46. The highest BCUT2D eigenvalue weighted by molar-refractivity contribution is 5.93. The van der Waals surface area contributed by atoms with Gasteiger partial charge in [-0.15, -0.1) is 0 Å². The largest absolute Gasteiger partial charge is 0.493 e. The normalized spacial score (nSPS) is 10.7. The number of nitrogens with zero attached hydrogens (tertiary/aromatic N) is 1. The van der Waals surface area contributed by atoms with E-state index >= 15 is 0 Å². The van der Waals surface area contributed by atoms with Gasteiger partial charge in [0.25, 0.3) is 0 Å². The number of aryl methyl sites for hydroxylation is 1. The minimum atomic E-state index is -0.407. The molecule has 0 fully saturated rings. The van der Waals surface area contributed by atoms with Gasteiger partial charge in [-0.1, -0.05) is 29.8 Å². The summed E-state index contributed by atoms with van der Waals surface area (Å²) in [5, 5.41) is 6.53. The van der Waals surface area contributed by atoms with Gasteiger partial charge >= 0.3 is 0 Å². The van der Waals surface area contributed by atoms with Crippen LogP contribution in [-0.2, 0) is 16.2 Å². The maximum Gasteiger partial charge on any atom is 0.240 e. The Hall–Kier alpha value is -4.20. The van der Waals surface area contributed by atoms with E-state index in [2.05, 4.69) is 21.9 Å². The molecule has 0 radical (unpaired) electrons. The van der Waals surface area contributed by atoms with E-state index in [1.54, 1.807) is 25.3 Å². The molecule has 0 aliphatic heterocycles. The van der Waals surface area contributed by atoms with Gasteiger partial charge in [0, 0.05) is 18.5 Å². The summed E-state index contributed by atoms with van der Waals surface area (Å²) in [5.41, 5.74) is 5.78. The first-order valence-corrected chi connectivity index (χ1v) is 10.7. The standard InChI is InChI=1S/C26H26FN3O4/c1-18-4-3-5-20(14-18)17-34-23-11-6-19(15-24(23)33-2)16-28-30-26(32)13-12-25(31)29-22-9-7-21(27)8-10-22/h3-11,14-16H,12-13,17H2,1-2H3,(H,29,31)(H,30,32). The van der Waals surface area contributed by atoms with Crippen LogP contribution < -0.4 is 20.2 Å². The molecule has 0 aliphatic rings. The highest BCUT2D eigenvalue weighted by Gasteiger charge is 2.08. The van der Waals surface area contributed by atoms with Crippen molar-refractivity contribution in [2.75, 3.05) is 12.4 Å². The smallest absolute Gasteiger partial charge is 0.240 e. The molecule has 176 valence electrons. The molecule has 0 heterocycles. The van der Waals surface area contributed by atoms with Gasteiger partial charge < -0.3 is 14.8 Å². The first-order chi connectivity index (χ1) is 16.4. The number of hydrogen-bond acceptors (Lipinski definition) is 5. The lowest BCUT2D eigenvalue weighted by Gasteiger charge is -2.11. The van der Waals surface area contributed by atoms with Crippen molar-refractivity contribution in [3.63, 3.8) is 0 Å². The van der Waals surface area contributed by atoms with E-state index in [9.17, 15) is 14.0 Å². The van der Waals surface area contributed by atoms with Crippen molar-refractivity contribution >= 4 is 23.7 Å². The molecule has 3 aromatic rings. The van der Waals surface area contributed by atoms with Crippen molar-refractivity contribution < 1.29 is 23.5 Å². The monoisotopic (exact) mass is 463 g/mol. The van der Waals surface area contributed by atoms with Crippen molar-refractivity contribution in [2.45, 2.75) is 26.4 Å². The van der Waals surface area contributed by atoms with Crippen molar-refractivity contribution in [1.29, 1.82) is 0 Å². The fourth-order valence-electron chi connectivity index (χ4n) is 3.07. The highest BCUT2D eigenvalue weighted by atomic mass is 19.1. The number of amides is 2. The maximum atomic E-state index is 12.9. The van der Waals surface area contributed by atoms with Crippen LogP contribution in [0, 0.1) is 12.7 Å². The zero-order chi connectivity index (χ0) is 24.3. The van der Waals surface area contributed by atoms with Gasteiger partial charge in [0.1, 0.15) is 12.4 Å². The summed E-state index contributed by atoms with van der Waals surface area (Å²) in [6.45, 7) is 2.44. The number of benzene rings is 3. The van der Waals surface area contributed by atoms with Crippen LogP contribution >= 0.6 is 0 Å². The van der Waals surface area contributed by atoms with Crippen molar-refractivity contribution in [3.05, 3.63) is 89.2 Å². The highest BCUT2D eigenvalue weighted by Crippen LogP contribution is 2.28. The molecular weight excluding hydrogens is 437 g/mol. The second kappa shape index (κ2) is 12.2. The topological polar surface area (TPSA) is 89.0 Å². The predicted molar refractivity (Wildman–Crippen MR) is 129 cm³/mol. The number of anilines is 1. The Morgan fingerprint density at radius 3 is 2.47 bits per heavy atom. The molecule has 0 aliphatic carbocycles. The van der Waals surface area contributed by atoms with Gasteiger partial charge in [0.2, 0.25) is 11.8 Å². The lowest BCUT2D eigenvalue weighted by Crippen LogP contribution is -2.20. The number of methoxy groups -OCH3 is 1. The average Bonchev–Trinajstić information content (AvgIpc) is 2.83. The van der Waals surface area contributed by atoms with E-state index < -0.39 is 11.7 Å². The van der Waals surface area contributed by atoms with E-state index in [4.69, 9.17) is 9.47 Å². The summed E-state index contributed by atoms with van der Waals surface area (Å²) >= 11 is 0. The fourth-order valence-corrected chi connectivity index (χ4v) is 3.07. The van der Waals surface area contributed by atoms with Crippen LogP contribution in [0.15, 0.2) is 71.8 Å². The zero-order valence-electron chi connectivity index (χ0n) is 19.0. The van der Waals surface area contributed by atoms with Crippen LogP contribution in [0.2, 0.25) is 0 Å². The molecule has 34 heavy (non-hydrogen) atoms. The quantitative estimate of drug-likeness (QED) is 0.340. The molecule has 0 saturated heterocycles. The molecule has 0 aromatic heterocycles. The van der Waals surface area contributed by atoms with Gasteiger partial charge in [-0.3, -0.25) is 9.59 Å². The molecule has 2 amide bonds. The Morgan fingerprint density at radius 2 is 1.74 bits per heavy atom. The second-order valence-corrected chi connectivity index (χ2v) is 7.54. The molecule has 0 atom stereocenters. The number of nitrogens with one attached hydrogen (secondary N) is 2. The summed E-state index contributed by atoms with van der Waals surface area (Å²) < 4.78 is 24.2. The lowest BCUT2D eigenvalue weighted by molar-refractivity contribution is -0.124. The summed E-state index contributed by atoms with van der Waals surface area (Å²) in [6.07, 6.45) is 1.41. The first-order valence-electron chi connectivity index (χ1n) is 10.7. The molecule has 3 rings (SSSR count). The van der Waals surface area contributed by atoms with Crippen LogP contribution in [-0.4, -0.2) is 25.1 Å². The van der Waals surface area contributed by atoms with Gasteiger partial charge in [0.05, 0.1) is 13.3 Å². The van der Waals surface area contributed by atoms with Crippen LogP contribution in [0.4, 0.5) is 10.1 Å². The van der Waals surface area contributed by atoms with Gasteiger partial charge in [-0.05, 0) is 60.5 Å². The average molecular weight is 464 g/mol. The minimum Gasteiger partial charge on any atom is -0.493 e. The molecule has 2 N–H and O–H groups in total. The second-order valence-electron chi connectivity index (χ2n) is 7.54. The number of rotatable bonds is 10. The molecule has 0 saturated carbocycles. The van der Waals surface area contributed by atoms with E-state index in [-0.39, 0.29) is 18.7 Å². The van der Waals surface area contributed by atoms with E-state index in [1.807, 2.05) is 25.1 Å². The van der Waals surface area contributed by atoms with Crippen molar-refractivity contribution in [3.8, 4) is 11.5 Å². The summed E-state index contributed by atoms with van der Waals surface area (Å²) in [6, 6.07) is 18.8. The van der Waals surface area contributed by atoms with E-state index in [0.29, 0.717) is 29.4 Å². The lowest BCUT2D eigenvalue weighted by atomic mass is 10.1. The van der Waals surface area contributed by atoms with Crippen LogP contribution in [0.1, 0.15) is 29.5 Å². The maximum absolute atomic E-state index is 12.9. The molecule has 7 nitrogen and oxygen atoms in total. The molecule has 0 unspecified atom stereocenters. The molecule has 3 aromatic carbocycles. The predicted octanol–water partition coefficient (Wildman–Crippen LogP) is 4.59. The third-order valence-electron chi connectivity index (χ3n) is 4.77. The molecule has 8 heteroatoms. The third kappa shape index (κ3) is 7.74.